The van der Waals surface area contributed by atoms with Gasteiger partial charge in [0, 0.05) is 10.9 Å². The lowest BCUT2D eigenvalue weighted by Gasteiger charge is -2.12. The fourth-order valence-corrected chi connectivity index (χ4v) is 1.94. The average Bonchev–Trinajstić information content (AvgIpc) is 2.24. The number of methoxy groups -OCH3 is 1. The number of carbonyl (C=O) groups excluding carboxylic acids is 1. The van der Waals surface area contributed by atoms with Crippen LogP contribution in [0.1, 0.15) is 22.3 Å². The smallest absolute Gasteiger partial charge is 0.169 e. The van der Waals surface area contributed by atoms with Crippen LogP contribution < -0.4 is 10.5 Å². The Balaban J connectivity index is 3.35. The number of nitrogens with two attached hydrogens (primary N) is 1. The van der Waals surface area contributed by atoms with E-state index in [9.17, 15) is 9.90 Å². The van der Waals surface area contributed by atoms with E-state index >= 15 is 0 Å². The summed E-state index contributed by atoms with van der Waals surface area (Å²) in [6.45, 7) is 2.08. The summed E-state index contributed by atoms with van der Waals surface area (Å²) in [5.74, 6) is -0.0478. The molecule has 0 atom stereocenters. The molecule has 0 aliphatic heterocycles. The molecule has 0 unspecified atom stereocenters. The van der Waals surface area contributed by atoms with Gasteiger partial charge in [0.05, 0.1) is 12.7 Å². The van der Waals surface area contributed by atoms with Gasteiger partial charge in [0.15, 0.2) is 17.3 Å². The number of rotatable bonds is 4. The molecule has 16 heavy (non-hydrogen) atoms. The van der Waals surface area contributed by atoms with E-state index < -0.39 is 0 Å². The van der Waals surface area contributed by atoms with E-state index in [1.165, 1.54) is 7.11 Å². The highest BCUT2D eigenvalue weighted by Gasteiger charge is 2.20. The number of phenols is 1. The van der Waals surface area contributed by atoms with Crippen LogP contribution in [0, 0.1) is 6.92 Å². The maximum Gasteiger partial charge on any atom is 0.169 e. The van der Waals surface area contributed by atoms with Crippen LogP contribution in [0.25, 0.3) is 0 Å². The van der Waals surface area contributed by atoms with Crippen LogP contribution in [0.15, 0.2) is 10.5 Å². The molecule has 1 rings (SSSR count). The first-order valence-electron chi connectivity index (χ1n) is 4.82. The second-order valence-electron chi connectivity index (χ2n) is 3.40. The number of ketones is 1. The summed E-state index contributed by atoms with van der Waals surface area (Å²) in [5, 5.41) is 9.87. The Hall–Kier alpha value is -1.07. The van der Waals surface area contributed by atoms with E-state index in [1.54, 1.807) is 6.07 Å². The van der Waals surface area contributed by atoms with E-state index in [2.05, 4.69) is 15.9 Å². The molecular formula is C11H14BrNO3. The number of hydrogen-bond donors (Lipinski definition) is 2. The van der Waals surface area contributed by atoms with Crippen molar-refractivity contribution in [1.29, 1.82) is 0 Å². The molecule has 0 aliphatic carbocycles. The molecule has 1 aromatic carbocycles. The van der Waals surface area contributed by atoms with Gasteiger partial charge in [-0.25, -0.2) is 0 Å². The van der Waals surface area contributed by atoms with E-state index in [-0.39, 0.29) is 30.1 Å². The van der Waals surface area contributed by atoms with Crippen molar-refractivity contribution < 1.29 is 14.6 Å². The van der Waals surface area contributed by atoms with Crippen molar-refractivity contribution in [2.24, 2.45) is 5.73 Å². The predicted octanol–water partition coefficient (Wildman–Crippen LogP) is 2.00. The van der Waals surface area contributed by atoms with Gasteiger partial charge in [0.2, 0.25) is 0 Å². The minimum absolute atomic E-state index is 0.140. The number of ether oxygens (including phenoxy) is 1. The molecule has 3 N–H and O–H groups in total. The van der Waals surface area contributed by atoms with Gasteiger partial charge in [-0.15, -0.1) is 0 Å². The highest BCUT2D eigenvalue weighted by atomic mass is 79.9. The van der Waals surface area contributed by atoms with Crippen molar-refractivity contribution in [2.45, 2.75) is 13.3 Å². The Morgan fingerprint density at radius 1 is 1.62 bits per heavy atom. The standard InChI is InChI=1S/C11H14BrNO3/c1-6-5-8(16-2)11(15)9(10(6)12)7(14)3-4-13/h5,15H,3-4,13H2,1-2H3. The van der Waals surface area contributed by atoms with Crippen LogP contribution in [-0.4, -0.2) is 24.5 Å². The topological polar surface area (TPSA) is 72.5 Å². The Kier molecular flexibility index (Phi) is 4.32. The molecular weight excluding hydrogens is 274 g/mol. The molecule has 5 heteroatoms. The number of phenolic OH excluding ortho intramolecular Hbond substituents is 1. The molecule has 1 aromatic rings. The molecule has 88 valence electrons. The Labute approximate surface area is 103 Å². The predicted molar refractivity (Wildman–Crippen MR) is 65.1 cm³/mol. The first-order valence-corrected chi connectivity index (χ1v) is 5.61. The van der Waals surface area contributed by atoms with Gasteiger partial charge < -0.3 is 15.6 Å². The van der Waals surface area contributed by atoms with Crippen LogP contribution in [0.3, 0.4) is 0 Å². The van der Waals surface area contributed by atoms with Crippen molar-refractivity contribution in [1.82, 2.24) is 0 Å². The van der Waals surface area contributed by atoms with E-state index in [1.807, 2.05) is 6.92 Å². The number of benzene rings is 1. The van der Waals surface area contributed by atoms with E-state index in [4.69, 9.17) is 10.5 Å². The molecule has 0 amide bonds. The number of Topliss-reactive ketones (excluding diaryl/α,β-unsaturated/α-hetero) is 1. The van der Waals surface area contributed by atoms with Gasteiger partial charge in [-0.1, -0.05) is 0 Å². The van der Waals surface area contributed by atoms with Gasteiger partial charge in [0.1, 0.15) is 0 Å². The fraction of sp³-hybridized carbons (Fsp3) is 0.364. The SMILES string of the molecule is COc1cc(C)c(Br)c(C(=O)CCN)c1O. The Morgan fingerprint density at radius 2 is 2.25 bits per heavy atom. The van der Waals surface area contributed by atoms with Gasteiger partial charge >= 0.3 is 0 Å². The summed E-state index contributed by atoms with van der Waals surface area (Å²) in [6.07, 6.45) is 0.193. The molecule has 0 bridgehead atoms. The van der Waals surface area contributed by atoms with Crippen LogP contribution in [0.2, 0.25) is 0 Å². The molecule has 0 fully saturated rings. The maximum absolute atomic E-state index is 11.8. The Bertz CT molecular complexity index is 418. The quantitative estimate of drug-likeness (QED) is 0.831. The van der Waals surface area contributed by atoms with Gasteiger partial charge in [0.25, 0.3) is 0 Å². The van der Waals surface area contributed by atoms with Gasteiger partial charge in [-0.3, -0.25) is 4.79 Å². The van der Waals surface area contributed by atoms with Crippen molar-refractivity contribution in [3.63, 3.8) is 0 Å². The average molecular weight is 288 g/mol. The molecule has 0 heterocycles. The monoisotopic (exact) mass is 287 g/mol. The normalized spacial score (nSPS) is 10.2. The van der Waals surface area contributed by atoms with E-state index in [0.717, 1.165) is 5.56 Å². The summed E-state index contributed by atoms with van der Waals surface area (Å²) in [6, 6.07) is 1.67. The minimum Gasteiger partial charge on any atom is -0.504 e. The van der Waals surface area contributed by atoms with E-state index in [0.29, 0.717) is 10.2 Å². The fourth-order valence-electron chi connectivity index (χ4n) is 1.42. The number of halogens is 1. The van der Waals surface area contributed by atoms with Gasteiger partial charge in [-0.2, -0.15) is 0 Å². The molecule has 0 aliphatic rings. The molecule has 0 saturated carbocycles. The lowest BCUT2D eigenvalue weighted by molar-refractivity contribution is 0.0981. The third kappa shape index (κ3) is 2.36. The Morgan fingerprint density at radius 3 is 2.75 bits per heavy atom. The largest absolute Gasteiger partial charge is 0.504 e. The number of aromatic hydroxyl groups is 1. The van der Waals surface area contributed by atoms with Crippen LogP contribution in [-0.2, 0) is 0 Å². The van der Waals surface area contributed by atoms with Crippen molar-refractivity contribution in [2.75, 3.05) is 13.7 Å². The van der Waals surface area contributed by atoms with Crippen LogP contribution in [0.5, 0.6) is 11.5 Å². The van der Waals surface area contributed by atoms with Crippen LogP contribution >= 0.6 is 15.9 Å². The maximum atomic E-state index is 11.8. The summed E-state index contributed by atoms with van der Waals surface area (Å²) in [7, 11) is 1.44. The highest BCUT2D eigenvalue weighted by Crippen LogP contribution is 2.38. The summed E-state index contributed by atoms with van der Waals surface area (Å²) < 4.78 is 5.58. The lowest BCUT2D eigenvalue weighted by atomic mass is 10.0. The van der Waals surface area contributed by atoms with Gasteiger partial charge in [-0.05, 0) is 41.0 Å². The first kappa shape index (κ1) is 13.0. The molecule has 0 spiro atoms. The summed E-state index contributed by atoms with van der Waals surface area (Å²) >= 11 is 3.29. The number of carbonyl (C=O) groups is 1. The summed E-state index contributed by atoms with van der Waals surface area (Å²) in [5.41, 5.74) is 6.39. The zero-order chi connectivity index (χ0) is 12.3. The zero-order valence-corrected chi connectivity index (χ0v) is 10.8. The molecule has 0 saturated heterocycles. The third-order valence-electron chi connectivity index (χ3n) is 2.25. The highest BCUT2D eigenvalue weighted by molar-refractivity contribution is 9.10. The third-order valence-corrected chi connectivity index (χ3v) is 3.28. The van der Waals surface area contributed by atoms with Crippen molar-refractivity contribution in [3.8, 4) is 11.5 Å². The first-order chi connectivity index (χ1) is 7.52. The molecule has 0 radical (unpaired) electrons. The lowest BCUT2D eigenvalue weighted by Crippen LogP contribution is -2.10. The minimum atomic E-state index is -0.200. The number of aryl methyl sites for hydroxylation is 1. The summed E-state index contributed by atoms with van der Waals surface area (Å²) in [4.78, 5) is 11.8. The van der Waals surface area contributed by atoms with Crippen molar-refractivity contribution >= 4 is 21.7 Å². The number of hydrogen-bond acceptors (Lipinski definition) is 4. The molecule has 0 aromatic heterocycles. The second kappa shape index (κ2) is 5.32. The molecule has 4 nitrogen and oxygen atoms in total. The second-order valence-corrected chi connectivity index (χ2v) is 4.19. The van der Waals surface area contributed by atoms with Crippen molar-refractivity contribution in [3.05, 3.63) is 21.7 Å². The van der Waals surface area contributed by atoms with Crippen LogP contribution in [0.4, 0.5) is 0 Å². The zero-order valence-electron chi connectivity index (χ0n) is 9.21.